The zero-order chi connectivity index (χ0) is 18.5. The molecular formula is C20H21BrF2N2O. The Labute approximate surface area is 160 Å². The van der Waals surface area contributed by atoms with Crippen LogP contribution in [0.3, 0.4) is 0 Å². The molecule has 0 atom stereocenters. The molecule has 1 fully saturated rings. The van der Waals surface area contributed by atoms with Crippen LogP contribution in [0.15, 0.2) is 46.9 Å². The van der Waals surface area contributed by atoms with Crippen LogP contribution in [-0.4, -0.2) is 29.9 Å². The topological polar surface area (TPSA) is 32.3 Å². The zero-order valence-electron chi connectivity index (χ0n) is 14.4. The second kappa shape index (κ2) is 8.73. The predicted molar refractivity (Wildman–Crippen MR) is 101 cm³/mol. The van der Waals surface area contributed by atoms with E-state index in [0.717, 1.165) is 43.6 Å². The number of hydrogen-bond acceptors (Lipinski definition) is 2. The van der Waals surface area contributed by atoms with E-state index in [9.17, 15) is 13.6 Å². The minimum Gasteiger partial charge on any atom is -0.353 e. The van der Waals surface area contributed by atoms with Crippen LogP contribution in [0.1, 0.15) is 24.0 Å². The highest BCUT2D eigenvalue weighted by Crippen LogP contribution is 2.18. The first-order valence-corrected chi connectivity index (χ1v) is 9.49. The van der Waals surface area contributed by atoms with Gasteiger partial charge in [-0.1, -0.05) is 18.2 Å². The first-order chi connectivity index (χ1) is 12.5. The molecule has 0 unspecified atom stereocenters. The van der Waals surface area contributed by atoms with Crippen molar-refractivity contribution >= 4 is 21.8 Å². The Morgan fingerprint density at radius 2 is 1.73 bits per heavy atom. The van der Waals surface area contributed by atoms with Gasteiger partial charge in [-0.25, -0.2) is 8.78 Å². The molecule has 0 aliphatic carbocycles. The Balaban J connectivity index is 1.43. The molecule has 1 saturated heterocycles. The maximum atomic E-state index is 13.3. The standard InChI is InChI=1S/C20H21BrF2N2O/c21-18-11-15(3-6-19(18)23)12-20(26)24-17-7-9-25(10-8-17)13-14-1-4-16(22)5-2-14/h1-6,11,17H,7-10,12-13H2,(H,24,26). The first-order valence-electron chi connectivity index (χ1n) is 8.69. The SMILES string of the molecule is O=C(Cc1ccc(F)c(Br)c1)NC1CCN(Cc2ccc(F)cc2)CC1. The lowest BCUT2D eigenvalue weighted by Gasteiger charge is -2.32. The molecule has 3 rings (SSSR count). The summed E-state index contributed by atoms with van der Waals surface area (Å²) < 4.78 is 26.6. The Hall–Kier alpha value is -1.79. The third-order valence-corrected chi connectivity index (χ3v) is 5.23. The van der Waals surface area contributed by atoms with E-state index in [2.05, 4.69) is 26.1 Å². The normalized spacial score (nSPS) is 15.8. The van der Waals surface area contributed by atoms with Crippen LogP contribution >= 0.6 is 15.9 Å². The second-order valence-electron chi connectivity index (χ2n) is 6.67. The quantitative estimate of drug-likeness (QED) is 0.787. The molecule has 138 valence electrons. The van der Waals surface area contributed by atoms with Crippen LogP contribution in [0.25, 0.3) is 0 Å². The van der Waals surface area contributed by atoms with Crippen molar-refractivity contribution in [3.8, 4) is 0 Å². The number of benzene rings is 2. The lowest BCUT2D eigenvalue weighted by atomic mass is 10.0. The number of nitrogens with zero attached hydrogens (tertiary/aromatic N) is 1. The van der Waals surface area contributed by atoms with Crippen molar-refractivity contribution in [1.82, 2.24) is 10.2 Å². The molecule has 26 heavy (non-hydrogen) atoms. The minimum absolute atomic E-state index is 0.0412. The van der Waals surface area contributed by atoms with Crippen molar-refractivity contribution < 1.29 is 13.6 Å². The summed E-state index contributed by atoms with van der Waals surface area (Å²) in [5.41, 5.74) is 1.88. The molecule has 1 aliphatic heterocycles. The van der Waals surface area contributed by atoms with Gasteiger partial charge in [-0.3, -0.25) is 9.69 Å². The molecule has 0 bridgehead atoms. The van der Waals surface area contributed by atoms with Crippen LogP contribution < -0.4 is 5.32 Å². The van der Waals surface area contributed by atoms with E-state index in [-0.39, 0.29) is 30.0 Å². The summed E-state index contributed by atoms with van der Waals surface area (Å²) in [5, 5.41) is 3.07. The average molecular weight is 423 g/mol. The number of carbonyl (C=O) groups is 1. The van der Waals surface area contributed by atoms with Gasteiger partial charge in [0.25, 0.3) is 0 Å². The van der Waals surface area contributed by atoms with Crippen molar-refractivity contribution in [3.63, 3.8) is 0 Å². The van der Waals surface area contributed by atoms with E-state index in [1.165, 1.54) is 18.2 Å². The lowest BCUT2D eigenvalue weighted by Crippen LogP contribution is -2.44. The summed E-state index contributed by atoms with van der Waals surface area (Å²) in [6, 6.07) is 11.4. The number of carbonyl (C=O) groups excluding carboxylic acids is 1. The Bertz CT molecular complexity index is 759. The van der Waals surface area contributed by atoms with Gasteiger partial charge in [0.05, 0.1) is 10.9 Å². The summed E-state index contributed by atoms with van der Waals surface area (Å²) in [4.78, 5) is 14.5. The molecule has 2 aromatic rings. The minimum atomic E-state index is -0.331. The van der Waals surface area contributed by atoms with E-state index in [0.29, 0.717) is 4.47 Å². The Kier molecular flexibility index (Phi) is 6.38. The number of likely N-dealkylation sites (tertiary alicyclic amines) is 1. The van der Waals surface area contributed by atoms with E-state index in [4.69, 9.17) is 0 Å². The van der Waals surface area contributed by atoms with Gasteiger partial charge in [-0.2, -0.15) is 0 Å². The second-order valence-corrected chi connectivity index (χ2v) is 7.52. The lowest BCUT2D eigenvalue weighted by molar-refractivity contribution is -0.121. The number of rotatable bonds is 5. The monoisotopic (exact) mass is 422 g/mol. The average Bonchev–Trinajstić information content (AvgIpc) is 2.62. The third kappa shape index (κ3) is 5.35. The largest absolute Gasteiger partial charge is 0.353 e. The van der Waals surface area contributed by atoms with Gasteiger partial charge in [0.15, 0.2) is 0 Å². The van der Waals surface area contributed by atoms with Gasteiger partial charge in [0.1, 0.15) is 11.6 Å². The van der Waals surface area contributed by atoms with Crippen molar-refractivity contribution in [1.29, 1.82) is 0 Å². The third-order valence-electron chi connectivity index (χ3n) is 4.62. The molecular weight excluding hydrogens is 402 g/mol. The predicted octanol–water partition coefficient (Wildman–Crippen LogP) is 4.05. The molecule has 0 aromatic heterocycles. The van der Waals surface area contributed by atoms with Gasteiger partial charge in [-0.15, -0.1) is 0 Å². The molecule has 6 heteroatoms. The fourth-order valence-electron chi connectivity index (χ4n) is 3.20. The van der Waals surface area contributed by atoms with Gasteiger partial charge in [0.2, 0.25) is 5.91 Å². The van der Waals surface area contributed by atoms with Crippen molar-refractivity contribution in [3.05, 3.63) is 69.7 Å². The maximum Gasteiger partial charge on any atom is 0.224 e. The van der Waals surface area contributed by atoms with E-state index < -0.39 is 0 Å². The summed E-state index contributed by atoms with van der Waals surface area (Å²) in [5.74, 6) is -0.591. The summed E-state index contributed by atoms with van der Waals surface area (Å²) >= 11 is 3.14. The zero-order valence-corrected chi connectivity index (χ0v) is 15.9. The molecule has 0 radical (unpaired) electrons. The first kappa shape index (κ1) is 19.0. The molecule has 1 aliphatic rings. The molecule has 3 nitrogen and oxygen atoms in total. The van der Waals surface area contributed by atoms with Crippen LogP contribution in [0.5, 0.6) is 0 Å². The number of amides is 1. The molecule has 1 heterocycles. The highest BCUT2D eigenvalue weighted by Gasteiger charge is 2.21. The van der Waals surface area contributed by atoms with Crippen LogP contribution in [0.4, 0.5) is 8.78 Å². The molecule has 1 amide bonds. The number of halogens is 3. The summed E-state index contributed by atoms with van der Waals surface area (Å²) in [6.07, 6.45) is 2.02. The number of piperidine rings is 1. The van der Waals surface area contributed by atoms with Crippen molar-refractivity contribution in [2.24, 2.45) is 0 Å². The van der Waals surface area contributed by atoms with Crippen LogP contribution in [0.2, 0.25) is 0 Å². The molecule has 0 saturated carbocycles. The summed E-state index contributed by atoms with van der Waals surface area (Å²) in [6.45, 7) is 2.58. The maximum absolute atomic E-state index is 13.3. The van der Waals surface area contributed by atoms with E-state index >= 15 is 0 Å². The van der Waals surface area contributed by atoms with Gasteiger partial charge in [-0.05, 0) is 64.2 Å². The molecule has 2 aromatic carbocycles. The highest BCUT2D eigenvalue weighted by atomic mass is 79.9. The Morgan fingerprint density at radius 1 is 1.08 bits per heavy atom. The highest BCUT2D eigenvalue weighted by molar-refractivity contribution is 9.10. The fourth-order valence-corrected chi connectivity index (χ4v) is 3.62. The number of nitrogens with one attached hydrogen (secondary N) is 1. The fraction of sp³-hybridized carbons (Fsp3) is 0.350. The molecule has 1 N–H and O–H groups in total. The van der Waals surface area contributed by atoms with Gasteiger partial charge < -0.3 is 5.32 Å². The van der Waals surface area contributed by atoms with Gasteiger partial charge in [0, 0.05) is 25.7 Å². The summed E-state index contributed by atoms with van der Waals surface area (Å²) in [7, 11) is 0. The molecule has 0 spiro atoms. The van der Waals surface area contributed by atoms with Crippen LogP contribution in [-0.2, 0) is 17.8 Å². The van der Waals surface area contributed by atoms with Crippen molar-refractivity contribution in [2.75, 3.05) is 13.1 Å². The van der Waals surface area contributed by atoms with E-state index in [1.807, 2.05) is 12.1 Å². The smallest absolute Gasteiger partial charge is 0.224 e. The Morgan fingerprint density at radius 3 is 2.38 bits per heavy atom. The number of hydrogen-bond donors (Lipinski definition) is 1. The van der Waals surface area contributed by atoms with Gasteiger partial charge >= 0.3 is 0 Å². The van der Waals surface area contributed by atoms with Crippen molar-refractivity contribution in [2.45, 2.75) is 31.8 Å². The van der Waals surface area contributed by atoms with Crippen LogP contribution in [0, 0.1) is 11.6 Å². The van der Waals surface area contributed by atoms with E-state index in [1.54, 1.807) is 12.1 Å².